The minimum atomic E-state index is 0. The third kappa shape index (κ3) is 6.96. The van der Waals surface area contributed by atoms with Crippen LogP contribution in [0.3, 0.4) is 0 Å². The predicted octanol–water partition coefficient (Wildman–Crippen LogP) is 2.34. The maximum absolute atomic E-state index is 5.56. The van der Waals surface area contributed by atoms with Crippen molar-refractivity contribution in [1.82, 2.24) is 20.4 Å². The van der Waals surface area contributed by atoms with E-state index < -0.39 is 0 Å². The first kappa shape index (κ1) is 25.2. The van der Waals surface area contributed by atoms with Crippen molar-refractivity contribution in [3.8, 4) is 5.75 Å². The van der Waals surface area contributed by atoms with Gasteiger partial charge >= 0.3 is 0 Å². The summed E-state index contributed by atoms with van der Waals surface area (Å²) in [7, 11) is 3.55. The number of aliphatic imine (C=N–C) groups is 1. The molecule has 0 bridgehead atoms. The second-order valence-corrected chi connectivity index (χ2v) is 7.70. The molecule has 8 heteroatoms. The molecule has 0 aromatic heterocycles. The van der Waals surface area contributed by atoms with Gasteiger partial charge in [-0.3, -0.25) is 14.8 Å². The van der Waals surface area contributed by atoms with Gasteiger partial charge in [-0.1, -0.05) is 19.1 Å². The quantitative estimate of drug-likeness (QED) is 0.305. The van der Waals surface area contributed by atoms with Gasteiger partial charge in [0.1, 0.15) is 5.75 Å². The molecule has 2 N–H and O–H groups in total. The molecule has 0 saturated carbocycles. The van der Waals surface area contributed by atoms with Gasteiger partial charge in [0.2, 0.25) is 0 Å². The maximum Gasteiger partial charge on any atom is 0.191 e. The van der Waals surface area contributed by atoms with Crippen molar-refractivity contribution in [2.75, 3.05) is 66.6 Å². The van der Waals surface area contributed by atoms with E-state index in [0.29, 0.717) is 6.04 Å². The molecule has 30 heavy (non-hydrogen) atoms. The number of morpholine rings is 1. The molecule has 0 radical (unpaired) electrons. The lowest BCUT2D eigenvalue weighted by Crippen LogP contribution is -2.48. The van der Waals surface area contributed by atoms with E-state index in [2.05, 4.69) is 44.5 Å². The molecule has 170 valence electrons. The van der Waals surface area contributed by atoms with Gasteiger partial charge in [-0.2, -0.15) is 0 Å². The summed E-state index contributed by atoms with van der Waals surface area (Å²) in [6.07, 6.45) is 2.56. The molecular weight excluding hydrogens is 493 g/mol. The van der Waals surface area contributed by atoms with Crippen LogP contribution < -0.4 is 15.4 Å². The number of likely N-dealkylation sites (N-methyl/N-ethyl adjacent to an activating group) is 1. The summed E-state index contributed by atoms with van der Waals surface area (Å²) in [6.45, 7) is 9.78. The lowest BCUT2D eigenvalue weighted by molar-refractivity contribution is 0.0170. The Balaban J connectivity index is 0.00000320. The number of guanidine groups is 1. The van der Waals surface area contributed by atoms with Crippen LogP contribution in [0.15, 0.2) is 29.3 Å². The Hall–Kier alpha value is -1.10. The number of hydrogen-bond donors (Lipinski definition) is 2. The SMILES string of the molecule is CCN1CCCC1CNC(=NC)NCC(c1ccc(OC)cc1)N1CCOCC1.I. The van der Waals surface area contributed by atoms with Crippen molar-refractivity contribution in [2.45, 2.75) is 31.8 Å². The topological polar surface area (TPSA) is 61.4 Å². The van der Waals surface area contributed by atoms with E-state index in [-0.39, 0.29) is 30.0 Å². The van der Waals surface area contributed by atoms with Crippen molar-refractivity contribution in [3.05, 3.63) is 29.8 Å². The first-order valence-electron chi connectivity index (χ1n) is 10.9. The van der Waals surface area contributed by atoms with Gasteiger partial charge < -0.3 is 20.1 Å². The Labute approximate surface area is 198 Å². The molecule has 2 atom stereocenters. The number of benzene rings is 1. The second-order valence-electron chi connectivity index (χ2n) is 7.70. The van der Waals surface area contributed by atoms with Crippen molar-refractivity contribution >= 4 is 29.9 Å². The molecule has 1 aromatic rings. The Bertz CT molecular complexity index is 637. The highest BCUT2D eigenvalue weighted by atomic mass is 127. The van der Waals surface area contributed by atoms with Crippen molar-refractivity contribution in [3.63, 3.8) is 0 Å². The number of nitrogens with one attached hydrogen (secondary N) is 2. The Morgan fingerprint density at radius 1 is 1.20 bits per heavy atom. The Kier molecular flexibility index (Phi) is 11.2. The third-order valence-electron chi connectivity index (χ3n) is 6.08. The van der Waals surface area contributed by atoms with Crippen LogP contribution in [-0.4, -0.2) is 88.4 Å². The van der Waals surface area contributed by atoms with E-state index in [1.807, 2.05) is 19.2 Å². The normalized spacial score (nSPS) is 21.7. The van der Waals surface area contributed by atoms with Crippen LogP contribution in [-0.2, 0) is 4.74 Å². The van der Waals surface area contributed by atoms with Crippen molar-refractivity contribution in [2.24, 2.45) is 4.99 Å². The van der Waals surface area contributed by atoms with Crippen LogP contribution in [0.2, 0.25) is 0 Å². The second kappa shape index (κ2) is 13.3. The minimum Gasteiger partial charge on any atom is -0.497 e. The van der Waals surface area contributed by atoms with Crippen LogP contribution >= 0.6 is 24.0 Å². The molecule has 0 spiro atoms. The smallest absolute Gasteiger partial charge is 0.191 e. The summed E-state index contributed by atoms with van der Waals surface area (Å²) in [4.78, 5) is 9.49. The summed E-state index contributed by atoms with van der Waals surface area (Å²) in [6, 6.07) is 9.27. The van der Waals surface area contributed by atoms with Crippen LogP contribution in [0.25, 0.3) is 0 Å². The van der Waals surface area contributed by atoms with Gasteiger partial charge in [0.25, 0.3) is 0 Å². The highest BCUT2D eigenvalue weighted by molar-refractivity contribution is 14.0. The largest absolute Gasteiger partial charge is 0.497 e. The Morgan fingerprint density at radius 3 is 2.57 bits per heavy atom. The summed E-state index contributed by atoms with van der Waals surface area (Å²) in [5, 5.41) is 7.10. The standard InChI is InChI=1S/C22H37N5O2.HI/c1-4-26-11-5-6-19(26)16-24-22(23-2)25-17-21(27-12-14-29-15-13-27)18-7-9-20(28-3)10-8-18;/h7-10,19,21H,4-6,11-17H2,1-3H3,(H2,23,24,25);1H. The fraction of sp³-hybridized carbons (Fsp3) is 0.682. The molecular formula is C22H38IN5O2. The molecule has 0 amide bonds. The highest BCUT2D eigenvalue weighted by Crippen LogP contribution is 2.23. The number of nitrogens with zero attached hydrogens (tertiary/aromatic N) is 3. The lowest BCUT2D eigenvalue weighted by atomic mass is 10.0. The van der Waals surface area contributed by atoms with Gasteiger partial charge in [0.15, 0.2) is 5.96 Å². The van der Waals surface area contributed by atoms with E-state index >= 15 is 0 Å². The van der Waals surface area contributed by atoms with Gasteiger partial charge in [-0.15, -0.1) is 24.0 Å². The van der Waals surface area contributed by atoms with E-state index in [4.69, 9.17) is 9.47 Å². The molecule has 2 saturated heterocycles. The summed E-state index contributed by atoms with van der Waals surface area (Å²) in [5.74, 6) is 1.76. The van der Waals surface area contributed by atoms with Crippen molar-refractivity contribution < 1.29 is 9.47 Å². The maximum atomic E-state index is 5.56. The van der Waals surface area contributed by atoms with Crippen LogP contribution in [0.4, 0.5) is 0 Å². The van der Waals surface area contributed by atoms with Gasteiger partial charge in [-0.25, -0.2) is 0 Å². The molecule has 3 rings (SSSR count). The molecule has 7 nitrogen and oxygen atoms in total. The van der Waals surface area contributed by atoms with Crippen LogP contribution in [0.5, 0.6) is 5.75 Å². The first-order chi connectivity index (χ1) is 14.2. The Morgan fingerprint density at radius 2 is 1.93 bits per heavy atom. The highest BCUT2D eigenvalue weighted by Gasteiger charge is 2.25. The predicted molar refractivity (Wildman–Crippen MR) is 133 cm³/mol. The van der Waals surface area contributed by atoms with E-state index in [1.54, 1.807) is 7.11 Å². The molecule has 2 aliphatic rings. The fourth-order valence-corrected chi connectivity index (χ4v) is 4.34. The number of halogens is 1. The number of methoxy groups -OCH3 is 1. The summed E-state index contributed by atoms with van der Waals surface area (Å²) < 4.78 is 10.9. The van der Waals surface area contributed by atoms with Crippen LogP contribution in [0, 0.1) is 0 Å². The van der Waals surface area contributed by atoms with Gasteiger partial charge in [0, 0.05) is 39.3 Å². The summed E-state index contributed by atoms with van der Waals surface area (Å²) >= 11 is 0. The fourth-order valence-electron chi connectivity index (χ4n) is 4.34. The number of hydrogen-bond acceptors (Lipinski definition) is 5. The van der Waals surface area contributed by atoms with E-state index in [9.17, 15) is 0 Å². The zero-order valence-electron chi connectivity index (χ0n) is 18.6. The molecule has 0 aliphatic carbocycles. The zero-order chi connectivity index (χ0) is 20.5. The van der Waals surface area contributed by atoms with E-state index in [1.165, 1.54) is 24.9 Å². The van der Waals surface area contributed by atoms with E-state index in [0.717, 1.165) is 57.6 Å². The average molecular weight is 531 g/mol. The molecule has 2 heterocycles. The molecule has 1 aromatic carbocycles. The zero-order valence-corrected chi connectivity index (χ0v) is 20.9. The van der Waals surface area contributed by atoms with Crippen LogP contribution in [0.1, 0.15) is 31.4 Å². The number of rotatable bonds is 8. The average Bonchev–Trinajstić information content (AvgIpc) is 3.24. The monoisotopic (exact) mass is 531 g/mol. The lowest BCUT2D eigenvalue weighted by Gasteiger charge is -2.35. The molecule has 2 unspecified atom stereocenters. The molecule has 2 aliphatic heterocycles. The minimum absolute atomic E-state index is 0. The third-order valence-corrected chi connectivity index (χ3v) is 6.08. The number of likely N-dealkylation sites (tertiary alicyclic amines) is 1. The summed E-state index contributed by atoms with van der Waals surface area (Å²) in [5.41, 5.74) is 1.28. The van der Waals surface area contributed by atoms with Gasteiger partial charge in [0.05, 0.1) is 26.4 Å². The first-order valence-corrected chi connectivity index (χ1v) is 10.9. The molecule has 2 fully saturated rings. The van der Waals surface area contributed by atoms with Gasteiger partial charge in [-0.05, 0) is 43.6 Å². The number of ether oxygens (including phenoxy) is 2. The van der Waals surface area contributed by atoms with Crippen molar-refractivity contribution in [1.29, 1.82) is 0 Å².